The zero-order valence-corrected chi connectivity index (χ0v) is 15.5. The Balaban J connectivity index is -0.000000123. The predicted octanol–water partition coefficient (Wildman–Crippen LogP) is -2.92. The third-order valence-corrected chi connectivity index (χ3v) is 1.71. The summed E-state index contributed by atoms with van der Waals surface area (Å²) >= 11 is 0. The molecule has 3 unspecified atom stereocenters. The van der Waals surface area contributed by atoms with Crippen LogP contribution < -0.4 is 0 Å². The Morgan fingerprint density at radius 1 is 0.640 bits per heavy atom. The van der Waals surface area contributed by atoms with Crippen LogP contribution in [0.25, 0.3) is 0 Å². The minimum atomic E-state index is -0.560. The second-order valence-corrected chi connectivity index (χ2v) is 4.71. The second-order valence-electron chi connectivity index (χ2n) is 4.71. The van der Waals surface area contributed by atoms with Gasteiger partial charge in [-0.3, -0.25) is 0 Å². The van der Waals surface area contributed by atoms with Gasteiger partial charge in [0.15, 0.2) is 0 Å². The molecule has 10 nitrogen and oxygen atoms in total. The molecule has 0 rings (SSSR count). The van der Waals surface area contributed by atoms with Crippen molar-refractivity contribution in [2.24, 2.45) is 0 Å². The summed E-state index contributed by atoms with van der Waals surface area (Å²) in [7, 11) is 0. The van der Waals surface area contributed by atoms with Crippen molar-refractivity contribution in [3.8, 4) is 0 Å². The SMILES string of the molecule is CC(O)CO.CC(O)COC(C)CO.OCCO.OCCOCCO. The fourth-order valence-electron chi connectivity index (χ4n) is 0.587. The lowest BCUT2D eigenvalue weighted by Crippen LogP contribution is -2.19. The summed E-state index contributed by atoms with van der Waals surface area (Å²) in [4.78, 5) is 0. The smallest absolute Gasteiger partial charge is 0.0779 e. The van der Waals surface area contributed by atoms with Crippen LogP contribution in [0, 0.1) is 0 Å². The van der Waals surface area contributed by atoms with Crippen LogP contribution in [0.2, 0.25) is 0 Å². The van der Waals surface area contributed by atoms with Gasteiger partial charge in [0.1, 0.15) is 0 Å². The molecule has 0 radical (unpaired) electrons. The summed E-state index contributed by atoms with van der Waals surface area (Å²) in [5.74, 6) is 0. The van der Waals surface area contributed by atoms with E-state index in [1.54, 1.807) is 13.8 Å². The van der Waals surface area contributed by atoms with Crippen molar-refractivity contribution in [2.75, 3.05) is 59.5 Å². The molecule has 0 aromatic rings. The maximum Gasteiger partial charge on any atom is 0.0779 e. The van der Waals surface area contributed by atoms with Crippen LogP contribution in [-0.2, 0) is 9.47 Å². The average Bonchev–Trinajstić information content (AvgIpc) is 2.61. The molecular formula is C15H38O10. The number of aliphatic hydroxyl groups is 8. The monoisotopic (exact) mass is 378 g/mol. The molecule has 3 atom stereocenters. The van der Waals surface area contributed by atoms with E-state index in [2.05, 4.69) is 4.74 Å². The number of hydrogen-bond donors (Lipinski definition) is 8. The Hall–Kier alpha value is -0.400. The van der Waals surface area contributed by atoms with Crippen molar-refractivity contribution in [1.29, 1.82) is 0 Å². The van der Waals surface area contributed by atoms with E-state index in [1.807, 2.05) is 0 Å². The molecule has 0 aliphatic heterocycles. The van der Waals surface area contributed by atoms with E-state index in [0.717, 1.165) is 0 Å². The third-order valence-electron chi connectivity index (χ3n) is 1.71. The van der Waals surface area contributed by atoms with Crippen molar-refractivity contribution in [1.82, 2.24) is 0 Å². The first kappa shape index (κ1) is 32.3. The first-order chi connectivity index (χ1) is 11.8. The molecule has 0 heterocycles. The minimum Gasteiger partial charge on any atom is -0.394 e. The Morgan fingerprint density at radius 3 is 1.24 bits per heavy atom. The van der Waals surface area contributed by atoms with Crippen LogP contribution in [0.15, 0.2) is 0 Å². The van der Waals surface area contributed by atoms with E-state index >= 15 is 0 Å². The molecule has 25 heavy (non-hydrogen) atoms. The number of rotatable bonds is 10. The lowest BCUT2D eigenvalue weighted by Gasteiger charge is -2.10. The molecule has 0 saturated carbocycles. The van der Waals surface area contributed by atoms with E-state index in [1.165, 1.54) is 6.92 Å². The van der Waals surface area contributed by atoms with Crippen LogP contribution >= 0.6 is 0 Å². The third kappa shape index (κ3) is 59.5. The highest BCUT2D eigenvalue weighted by atomic mass is 16.5. The average molecular weight is 378 g/mol. The van der Waals surface area contributed by atoms with Gasteiger partial charge in [0.05, 0.1) is 77.8 Å². The van der Waals surface area contributed by atoms with Gasteiger partial charge in [0.25, 0.3) is 0 Å². The summed E-state index contributed by atoms with van der Waals surface area (Å²) in [5, 5.41) is 64.6. The van der Waals surface area contributed by atoms with Crippen LogP contribution in [-0.4, -0.2) is 119 Å². The lowest BCUT2D eigenvalue weighted by atomic mass is 10.4. The summed E-state index contributed by atoms with van der Waals surface area (Å²) in [6.45, 7) is 5.53. The van der Waals surface area contributed by atoms with E-state index in [-0.39, 0.29) is 45.7 Å². The van der Waals surface area contributed by atoms with Crippen LogP contribution in [0.4, 0.5) is 0 Å². The molecule has 158 valence electrons. The summed E-state index contributed by atoms with van der Waals surface area (Å²) in [5.41, 5.74) is 0. The van der Waals surface area contributed by atoms with E-state index in [0.29, 0.717) is 19.8 Å². The Labute approximate surface area is 149 Å². The number of ether oxygens (including phenoxy) is 2. The van der Waals surface area contributed by atoms with Crippen molar-refractivity contribution in [2.45, 2.75) is 39.1 Å². The van der Waals surface area contributed by atoms with Gasteiger partial charge in [-0.05, 0) is 20.8 Å². The number of aliphatic hydroxyl groups excluding tert-OH is 8. The van der Waals surface area contributed by atoms with E-state index in [9.17, 15) is 0 Å². The lowest BCUT2D eigenvalue weighted by molar-refractivity contribution is -0.0177. The molecule has 8 N–H and O–H groups in total. The topological polar surface area (TPSA) is 180 Å². The quantitative estimate of drug-likeness (QED) is 0.183. The largest absolute Gasteiger partial charge is 0.394 e. The zero-order chi connectivity index (χ0) is 20.5. The minimum absolute atomic E-state index is 0.00667. The van der Waals surface area contributed by atoms with Crippen LogP contribution in [0.3, 0.4) is 0 Å². The first-order valence-corrected chi connectivity index (χ1v) is 7.97. The fraction of sp³-hybridized carbons (Fsp3) is 1.00. The molecule has 0 bridgehead atoms. The maximum absolute atomic E-state index is 8.69. The predicted molar refractivity (Wildman–Crippen MR) is 92.1 cm³/mol. The fourth-order valence-corrected chi connectivity index (χ4v) is 0.587. The molecule has 0 aromatic carbocycles. The van der Waals surface area contributed by atoms with Crippen molar-refractivity contribution in [3.05, 3.63) is 0 Å². The van der Waals surface area contributed by atoms with Crippen molar-refractivity contribution < 1.29 is 50.3 Å². The highest BCUT2D eigenvalue weighted by Crippen LogP contribution is 1.90. The normalized spacial score (nSPS) is 13.1. The van der Waals surface area contributed by atoms with Crippen molar-refractivity contribution >= 4 is 0 Å². The summed E-state index contributed by atoms with van der Waals surface area (Å²) < 4.78 is 9.58. The molecule has 0 spiro atoms. The Kier molecular flexibility index (Phi) is 40.5. The molecule has 10 heteroatoms. The number of hydrogen-bond acceptors (Lipinski definition) is 10. The molecule has 0 amide bonds. The molecule has 0 aliphatic rings. The molecular weight excluding hydrogens is 340 g/mol. The molecule has 0 saturated heterocycles. The van der Waals surface area contributed by atoms with Crippen LogP contribution in [0.1, 0.15) is 20.8 Å². The summed E-state index contributed by atoms with van der Waals surface area (Å²) in [6, 6.07) is 0. The van der Waals surface area contributed by atoms with Gasteiger partial charge in [0, 0.05) is 0 Å². The van der Waals surface area contributed by atoms with Crippen LogP contribution in [0.5, 0.6) is 0 Å². The van der Waals surface area contributed by atoms with Gasteiger partial charge in [0.2, 0.25) is 0 Å². The van der Waals surface area contributed by atoms with Gasteiger partial charge in [-0.25, -0.2) is 0 Å². The highest BCUT2D eigenvalue weighted by Gasteiger charge is 2.00. The zero-order valence-electron chi connectivity index (χ0n) is 15.5. The molecule has 0 aromatic heterocycles. The van der Waals surface area contributed by atoms with E-state index < -0.39 is 12.2 Å². The van der Waals surface area contributed by atoms with Gasteiger partial charge in [-0.15, -0.1) is 0 Å². The molecule has 0 aliphatic carbocycles. The van der Waals surface area contributed by atoms with Crippen molar-refractivity contribution in [3.63, 3.8) is 0 Å². The maximum atomic E-state index is 8.69. The highest BCUT2D eigenvalue weighted by molar-refractivity contribution is 4.47. The molecule has 0 fully saturated rings. The second kappa shape index (κ2) is 31.4. The van der Waals surface area contributed by atoms with Gasteiger partial charge in [-0.2, -0.15) is 0 Å². The van der Waals surface area contributed by atoms with Gasteiger partial charge >= 0.3 is 0 Å². The first-order valence-electron chi connectivity index (χ1n) is 7.97. The standard InChI is InChI=1S/C6H14O3.C4H10O3.C3H8O2.C2H6O2/c1-5(8)4-9-6(2)3-7;5-1-3-7-4-2-6;1-3(5)2-4;3-1-2-4/h5-8H,3-4H2,1-2H3;5-6H,1-4H2;3-5H,2H2,1H3;3-4H,1-2H2. The van der Waals surface area contributed by atoms with E-state index in [4.69, 9.17) is 45.6 Å². The Bertz CT molecular complexity index is 187. The summed E-state index contributed by atoms with van der Waals surface area (Å²) in [6.07, 6.45) is -1.17. The Morgan fingerprint density at radius 2 is 1.04 bits per heavy atom. The van der Waals surface area contributed by atoms with Gasteiger partial charge in [-0.1, -0.05) is 0 Å². The van der Waals surface area contributed by atoms with Gasteiger partial charge < -0.3 is 50.3 Å².